The van der Waals surface area contributed by atoms with Crippen LogP contribution < -0.4 is 0 Å². The van der Waals surface area contributed by atoms with E-state index in [-0.39, 0.29) is 16.2 Å². The molecule has 0 radical (unpaired) electrons. The van der Waals surface area contributed by atoms with Gasteiger partial charge in [0, 0.05) is 6.54 Å². The van der Waals surface area contributed by atoms with Crippen molar-refractivity contribution in [2.45, 2.75) is 25.2 Å². The number of rotatable bonds is 8. The lowest BCUT2D eigenvalue weighted by molar-refractivity contribution is 0.0696. The summed E-state index contributed by atoms with van der Waals surface area (Å²) in [4.78, 5) is 12.9. The smallest absolute Gasteiger partial charge is 0.335 e. The normalized spacial score (nSPS) is 12.0. The first-order valence-corrected chi connectivity index (χ1v) is 8.62. The SMILES string of the molecule is CC(C)CCN(C)CCS(=O)(=O)c1ccc(C(=O)O)cc1. The van der Waals surface area contributed by atoms with Gasteiger partial charge in [-0.15, -0.1) is 0 Å². The molecule has 5 nitrogen and oxygen atoms in total. The Bertz CT molecular complexity index is 564. The first kappa shape index (κ1) is 17.7. The van der Waals surface area contributed by atoms with Crippen LogP contribution in [0.15, 0.2) is 29.2 Å². The Hall–Kier alpha value is -1.40. The molecule has 0 unspecified atom stereocenters. The summed E-state index contributed by atoms with van der Waals surface area (Å²) >= 11 is 0. The maximum atomic E-state index is 12.2. The predicted molar refractivity (Wildman–Crippen MR) is 82.4 cm³/mol. The van der Waals surface area contributed by atoms with E-state index in [1.807, 2.05) is 11.9 Å². The van der Waals surface area contributed by atoms with Gasteiger partial charge in [0.15, 0.2) is 9.84 Å². The molecule has 0 fully saturated rings. The highest BCUT2D eigenvalue weighted by atomic mass is 32.2. The second kappa shape index (κ2) is 7.56. The third-order valence-electron chi connectivity index (χ3n) is 3.29. The molecule has 0 atom stereocenters. The Labute approximate surface area is 126 Å². The van der Waals surface area contributed by atoms with Crippen LogP contribution in [0.1, 0.15) is 30.6 Å². The van der Waals surface area contributed by atoms with Crippen LogP contribution in [-0.2, 0) is 9.84 Å². The van der Waals surface area contributed by atoms with Crippen molar-refractivity contribution in [3.05, 3.63) is 29.8 Å². The second-order valence-corrected chi connectivity index (χ2v) is 7.74. The van der Waals surface area contributed by atoms with E-state index in [1.165, 1.54) is 24.3 Å². The molecule has 0 aliphatic heterocycles. The number of nitrogens with zero attached hydrogens (tertiary/aromatic N) is 1. The third-order valence-corrected chi connectivity index (χ3v) is 5.00. The van der Waals surface area contributed by atoms with Gasteiger partial charge < -0.3 is 10.0 Å². The van der Waals surface area contributed by atoms with Crippen LogP contribution in [-0.4, -0.2) is 50.3 Å². The van der Waals surface area contributed by atoms with E-state index in [0.717, 1.165) is 13.0 Å². The van der Waals surface area contributed by atoms with Crippen LogP contribution in [0.2, 0.25) is 0 Å². The van der Waals surface area contributed by atoms with E-state index in [9.17, 15) is 13.2 Å². The monoisotopic (exact) mass is 313 g/mol. The molecule has 0 spiro atoms. The van der Waals surface area contributed by atoms with Gasteiger partial charge in [0.05, 0.1) is 16.2 Å². The number of carbonyl (C=O) groups is 1. The lowest BCUT2D eigenvalue weighted by atomic mass is 10.1. The van der Waals surface area contributed by atoms with E-state index in [4.69, 9.17) is 5.11 Å². The number of hydrogen-bond acceptors (Lipinski definition) is 4. The van der Waals surface area contributed by atoms with Gasteiger partial charge in [-0.05, 0) is 50.2 Å². The highest BCUT2D eigenvalue weighted by molar-refractivity contribution is 7.91. The van der Waals surface area contributed by atoms with Crippen LogP contribution in [0.5, 0.6) is 0 Å². The van der Waals surface area contributed by atoms with Crippen LogP contribution in [0.25, 0.3) is 0 Å². The largest absolute Gasteiger partial charge is 0.478 e. The summed E-state index contributed by atoms with van der Waals surface area (Å²) in [5.74, 6) is -0.437. The molecule has 0 heterocycles. The highest BCUT2D eigenvalue weighted by Crippen LogP contribution is 2.13. The molecule has 21 heavy (non-hydrogen) atoms. The molecule has 0 aromatic heterocycles. The lowest BCUT2D eigenvalue weighted by Crippen LogP contribution is -2.27. The van der Waals surface area contributed by atoms with E-state index in [1.54, 1.807) is 0 Å². The number of benzene rings is 1. The summed E-state index contributed by atoms with van der Waals surface area (Å²) in [5, 5.41) is 8.80. The van der Waals surface area contributed by atoms with Crippen molar-refractivity contribution in [3.8, 4) is 0 Å². The van der Waals surface area contributed by atoms with Gasteiger partial charge in [-0.25, -0.2) is 13.2 Å². The van der Waals surface area contributed by atoms with E-state index >= 15 is 0 Å². The van der Waals surface area contributed by atoms with Gasteiger partial charge in [0.2, 0.25) is 0 Å². The van der Waals surface area contributed by atoms with Crippen LogP contribution in [0, 0.1) is 5.92 Å². The molecule has 118 valence electrons. The third kappa shape index (κ3) is 5.85. The van der Waals surface area contributed by atoms with E-state index in [0.29, 0.717) is 12.5 Å². The standard InChI is InChI=1S/C15H23NO4S/c1-12(2)8-9-16(3)10-11-21(19,20)14-6-4-13(5-7-14)15(17)18/h4-7,12H,8-11H2,1-3H3,(H,17,18). The van der Waals surface area contributed by atoms with Gasteiger partial charge in [0.1, 0.15) is 0 Å². The quantitative estimate of drug-likeness (QED) is 0.796. The summed E-state index contributed by atoms with van der Waals surface area (Å²) in [5.41, 5.74) is 0.0861. The Morgan fingerprint density at radius 1 is 1.19 bits per heavy atom. The molecule has 0 bridgehead atoms. The fourth-order valence-corrected chi connectivity index (χ4v) is 3.13. The number of aromatic carboxylic acids is 1. The molecular weight excluding hydrogens is 290 g/mol. The molecule has 1 N–H and O–H groups in total. The minimum Gasteiger partial charge on any atom is -0.478 e. The number of carboxylic acids is 1. The predicted octanol–water partition coefficient (Wildman–Crippen LogP) is 2.14. The fourth-order valence-electron chi connectivity index (χ4n) is 1.79. The van der Waals surface area contributed by atoms with Crippen molar-refractivity contribution < 1.29 is 18.3 Å². The van der Waals surface area contributed by atoms with E-state index in [2.05, 4.69) is 13.8 Å². The first-order valence-electron chi connectivity index (χ1n) is 6.97. The molecule has 1 aromatic carbocycles. The van der Waals surface area contributed by atoms with Gasteiger partial charge in [-0.2, -0.15) is 0 Å². The zero-order valence-corrected chi connectivity index (χ0v) is 13.6. The molecule has 1 rings (SSSR count). The molecular formula is C15H23NO4S. The Morgan fingerprint density at radius 3 is 2.24 bits per heavy atom. The summed E-state index contributed by atoms with van der Waals surface area (Å²) in [6.07, 6.45) is 1.03. The molecule has 0 aliphatic rings. The minimum atomic E-state index is -3.37. The van der Waals surface area contributed by atoms with Gasteiger partial charge in [-0.3, -0.25) is 0 Å². The summed E-state index contributed by atoms with van der Waals surface area (Å²) in [7, 11) is -1.46. The number of sulfone groups is 1. The molecule has 1 aromatic rings. The van der Waals surface area contributed by atoms with Crippen molar-refractivity contribution in [2.24, 2.45) is 5.92 Å². The summed E-state index contributed by atoms with van der Waals surface area (Å²) < 4.78 is 24.4. The molecule has 0 saturated heterocycles. The topological polar surface area (TPSA) is 74.7 Å². The van der Waals surface area contributed by atoms with Crippen molar-refractivity contribution in [3.63, 3.8) is 0 Å². The van der Waals surface area contributed by atoms with Gasteiger partial charge in [0.25, 0.3) is 0 Å². The van der Waals surface area contributed by atoms with Crippen LogP contribution in [0.3, 0.4) is 0 Å². The first-order chi connectivity index (χ1) is 9.72. The van der Waals surface area contributed by atoms with E-state index < -0.39 is 15.8 Å². The summed E-state index contributed by atoms with van der Waals surface area (Å²) in [6, 6.07) is 5.34. The maximum Gasteiger partial charge on any atom is 0.335 e. The van der Waals surface area contributed by atoms with Crippen molar-refractivity contribution in [1.82, 2.24) is 4.90 Å². The Kier molecular flexibility index (Phi) is 6.36. The van der Waals surface area contributed by atoms with Gasteiger partial charge >= 0.3 is 5.97 Å². The Morgan fingerprint density at radius 2 is 1.76 bits per heavy atom. The molecule has 6 heteroatoms. The highest BCUT2D eigenvalue weighted by Gasteiger charge is 2.16. The van der Waals surface area contributed by atoms with Crippen molar-refractivity contribution >= 4 is 15.8 Å². The number of hydrogen-bond donors (Lipinski definition) is 1. The van der Waals surface area contributed by atoms with Gasteiger partial charge in [-0.1, -0.05) is 13.8 Å². The second-order valence-electron chi connectivity index (χ2n) is 5.63. The average molecular weight is 313 g/mol. The number of carboxylic acid groups (broad SMARTS) is 1. The fraction of sp³-hybridized carbons (Fsp3) is 0.533. The zero-order chi connectivity index (χ0) is 16.0. The molecule has 0 saturated carbocycles. The molecule has 0 amide bonds. The van der Waals surface area contributed by atoms with Crippen LogP contribution in [0.4, 0.5) is 0 Å². The maximum absolute atomic E-state index is 12.2. The average Bonchev–Trinajstić information content (AvgIpc) is 2.43. The van der Waals surface area contributed by atoms with Crippen LogP contribution >= 0.6 is 0 Å². The van der Waals surface area contributed by atoms with Crippen molar-refractivity contribution in [2.75, 3.05) is 25.9 Å². The molecule has 0 aliphatic carbocycles. The lowest BCUT2D eigenvalue weighted by Gasteiger charge is -2.17. The minimum absolute atomic E-state index is 0.0357. The zero-order valence-electron chi connectivity index (χ0n) is 12.7. The summed E-state index contributed by atoms with van der Waals surface area (Å²) in [6.45, 7) is 5.60. The van der Waals surface area contributed by atoms with Crippen molar-refractivity contribution in [1.29, 1.82) is 0 Å². The Balaban J connectivity index is 2.62.